The van der Waals surface area contributed by atoms with Gasteiger partial charge in [-0.25, -0.2) is 0 Å². The van der Waals surface area contributed by atoms with Crippen molar-refractivity contribution in [1.29, 1.82) is 0 Å². The SMILES string of the molecule is CCCc1c(CN)n[nH]c1C. The van der Waals surface area contributed by atoms with Crippen molar-refractivity contribution in [2.24, 2.45) is 5.73 Å². The van der Waals surface area contributed by atoms with Crippen LogP contribution in [0.1, 0.15) is 30.3 Å². The van der Waals surface area contributed by atoms with E-state index in [1.807, 2.05) is 6.92 Å². The number of hydrogen-bond acceptors (Lipinski definition) is 2. The third-order valence-corrected chi connectivity index (χ3v) is 1.85. The molecule has 0 spiro atoms. The van der Waals surface area contributed by atoms with Crippen LogP contribution in [0.25, 0.3) is 0 Å². The maximum Gasteiger partial charge on any atom is 0.0792 e. The standard InChI is InChI=1S/C8H15N3/c1-3-4-7-6(2)10-11-8(7)5-9/h3-5,9H2,1-2H3,(H,10,11). The van der Waals surface area contributed by atoms with Gasteiger partial charge >= 0.3 is 0 Å². The minimum atomic E-state index is 0.541. The molecule has 0 fully saturated rings. The van der Waals surface area contributed by atoms with Gasteiger partial charge in [-0.15, -0.1) is 0 Å². The van der Waals surface area contributed by atoms with Crippen molar-refractivity contribution >= 4 is 0 Å². The molecule has 62 valence electrons. The first-order valence-electron chi connectivity index (χ1n) is 4.02. The van der Waals surface area contributed by atoms with E-state index in [0.29, 0.717) is 6.54 Å². The number of aromatic nitrogens is 2. The summed E-state index contributed by atoms with van der Waals surface area (Å²) in [7, 11) is 0. The molecule has 0 atom stereocenters. The highest BCUT2D eigenvalue weighted by Gasteiger charge is 2.06. The zero-order valence-corrected chi connectivity index (χ0v) is 7.15. The second-order valence-corrected chi connectivity index (χ2v) is 2.73. The van der Waals surface area contributed by atoms with Gasteiger partial charge in [-0.05, 0) is 18.9 Å². The summed E-state index contributed by atoms with van der Waals surface area (Å²) in [5, 5.41) is 7.05. The Morgan fingerprint density at radius 3 is 2.82 bits per heavy atom. The van der Waals surface area contributed by atoms with Gasteiger partial charge in [0.25, 0.3) is 0 Å². The first-order valence-corrected chi connectivity index (χ1v) is 4.02. The van der Waals surface area contributed by atoms with Gasteiger partial charge in [0, 0.05) is 12.2 Å². The molecule has 3 N–H and O–H groups in total. The fraction of sp³-hybridized carbons (Fsp3) is 0.625. The molecule has 0 amide bonds. The van der Waals surface area contributed by atoms with Crippen LogP contribution >= 0.6 is 0 Å². The second-order valence-electron chi connectivity index (χ2n) is 2.73. The Kier molecular flexibility index (Phi) is 2.65. The summed E-state index contributed by atoms with van der Waals surface area (Å²) in [5.74, 6) is 0. The van der Waals surface area contributed by atoms with E-state index in [2.05, 4.69) is 17.1 Å². The average molecular weight is 153 g/mol. The second kappa shape index (κ2) is 3.53. The molecule has 11 heavy (non-hydrogen) atoms. The molecule has 0 bridgehead atoms. The summed E-state index contributed by atoms with van der Waals surface area (Å²) in [6.45, 7) is 4.74. The zero-order chi connectivity index (χ0) is 8.27. The van der Waals surface area contributed by atoms with Gasteiger partial charge in [0.05, 0.1) is 5.69 Å². The molecular formula is C8H15N3. The van der Waals surface area contributed by atoms with Crippen molar-refractivity contribution in [1.82, 2.24) is 10.2 Å². The fourth-order valence-electron chi connectivity index (χ4n) is 1.25. The maximum atomic E-state index is 5.51. The van der Waals surface area contributed by atoms with E-state index < -0.39 is 0 Å². The number of aromatic amines is 1. The van der Waals surface area contributed by atoms with Gasteiger partial charge in [-0.2, -0.15) is 5.10 Å². The molecule has 0 aliphatic rings. The zero-order valence-electron chi connectivity index (χ0n) is 7.15. The molecule has 1 aromatic heterocycles. The minimum absolute atomic E-state index is 0.541. The smallest absolute Gasteiger partial charge is 0.0792 e. The number of rotatable bonds is 3. The lowest BCUT2D eigenvalue weighted by atomic mass is 10.1. The monoisotopic (exact) mass is 153 g/mol. The minimum Gasteiger partial charge on any atom is -0.325 e. The number of aryl methyl sites for hydroxylation is 1. The molecule has 0 aliphatic carbocycles. The van der Waals surface area contributed by atoms with E-state index in [0.717, 1.165) is 24.2 Å². The van der Waals surface area contributed by atoms with Gasteiger partial charge in [0.1, 0.15) is 0 Å². The van der Waals surface area contributed by atoms with E-state index in [1.165, 1.54) is 5.56 Å². The van der Waals surface area contributed by atoms with Crippen molar-refractivity contribution < 1.29 is 0 Å². The van der Waals surface area contributed by atoms with Crippen LogP contribution in [0.4, 0.5) is 0 Å². The Morgan fingerprint density at radius 1 is 1.55 bits per heavy atom. The maximum absolute atomic E-state index is 5.51. The van der Waals surface area contributed by atoms with Crippen molar-refractivity contribution in [2.45, 2.75) is 33.2 Å². The molecule has 3 heteroatoms. The summed E-state index contributed by atoms with van der Waals surface area (Å²) in [5.41, 5.74) is 8.99. The van der Waals surface area contributed by atoms with Crippen LogP contribution in [0.5, 0.6) is 0 Å². The van der Waals surface area contributed by atoms with Crippen LogP contribution < -0.4 is 5.73 Å². The van der Waals surface area contributed by atoms with Crippen molar-refractivity contribution in [2.75, 3.05) is 0 Å². The van der Waals surface area contributed by atoms with E-state index in [-0.39, 0.29) is 0 Å². The predicted octanol–water partition coefficient (Wildman–Crippen LogP) is 1.13. The molecule has 1 heterocycles. The van der Waals surface area contributed by atoms with Crippen molar-refractivity contribution in [3.63, 3.8) is 0 Å². The van der Waals surface area contributed by atoms with Gasteiger partial charge in [-0.3, -0.25) is 5.10 Å². The number of H-pyrrole nitrogens is 1. The van der Waals surface area contributed by atoms with Gasteiger partial charge in [0.2, 0.25) is 0 Å². The largest absolute Gasteiger partial charge is 0.325 e. The summed E-state index contributed by atoms with van der Waals surface area (Å²) in [4.78, 5) is 0. The van der Waals surface area contributed by atoms with Crippen LogP contribution in [0, 0.1) is 6.92 Å². The Hall–Kier alpha value is -0.830. The quantitative estimate of drug-likeness (QED) is 0.684. The first kappa shape index (κ1) is 8.27. The Labute approximate surface area is 67.0 Å². The van der Waals surface area contributed by atoms with Crippen LogP contribution in [-0.4, -0.2) is 10.2 Å². The fourth-order valence-corrected chi connectivity index (χ4v) is 1.25. The summed E-state index contributed by atoms with van der Waals surface area (Å²) in [6, 6.07) is 0. The van der Waals surface area contributed by atoms with E-state index >= 15 is 0 Å². The third kappa shape index (κ3) is 1.60. The van der Waals surface area contributed by atoms with Crippen LogP contribution in [-0.2, 0) is 13.0 Å². The summed E-state index contributed by atoms with van der Waals surface area (Å²) >= 11 is 0. The Morgan fingerprint density at radius 2 is 2.27 bits per heavy atom. The lowest BCUT2D eigenvalue weighted by Gasteiger charge is -1.97. The molecule has 0 radical (unpaired) electrons. The highest BCUT2D eigenvalue weighted by atomic mass is 15.1. The summed E-state index contributed by atoms with van der Waals surface area (Å²) in [6.07, 6.45) is 2.22. The highest BCUT2D eigenvalue weighted by Crippen LogP contribution is 2.11. The van der Waals surface area contributed by atoms with Gasteiger partial charge in [-0.1, -0.05) is 13.3 Å². The van der Waals surface area contributed by atoms with Gasteiger partial charge < -0.3 is 5.73 Å². The summed E-state index contributed by atoms with van der Waals surface area (Å²) < 4.78 is 0. The predicted molar refractivity (Wildman–Crippen MR) is 45.2 cm³/mol. The van der Waals surface area contributed by atoms with Crippen molar-refractivity contribution in [3.05, 3.63) is 17.0 Å². The van der Waals surface area contributed by atoms with E-state index in [1.54, 1.807) is 0 Å². The number of nitrogens with zero attached hydrogens (tertiary/aromatic N) is 1. The molecule has 1 rings (SSSR count). The molecular weight excluding hydrogens is 138 g/mol. The Bertz CT molecular complexity index is 227. The highest BCUT2D eigenvalue weighted by molar-refractivity contribution is 5.24. The lowest BCUT2D eigenvalue weighted by Crippen LogP contribution is -2.00. The van der Waals surface area contributed by atoms with Crippen LogP contribution in [0.15, 0.2) is 0 Å². The molecule has 0 saturated heterocycles. The molecule has 0 aliphatic heterocycles. The molecule has 3 nitrogen and oxygen atoms in total. The molecule has 1 aromatic rings. The number of nitrogens with one attached hydrogen (secondary N) is 1. The van der Waals surface area contributed by atoms with E-state index in [9.17, 15) is 0 Å². The number of nitrogens with two attached hydrogens (primary N) is 1. The van der Waals surface area contributed by atoms with Crippen molar-refractivity contribution in [3.8, 4) is 0 Å². The first-order chi connectivity index (χ1) is 5.29. The molecule has 0 aromatic carbocycles. The van der Waals surface area contributed by atoms with Crippen LogP contribution in [0.2, 0.25) is 0 Å². The lowest BCUT2D eigenvalue weighted by molar-refractivity contribution is 0.878. The van der Waals surface area contributed by atoms with Gasteiger partial charge in [0.15, 0.2) is 0 Å². The molecule has 0 saturated carbocycles. The molecule has 0 unspecified atom stereocenters. The van der Waals surface area contributed by atoms with Crippen LogP contribution in [0.3, 0.4) is 0 Å². The topological polar surface area (TPSA) is 54.7 Å². The third-order valence-electron chi connectivity index (χ3n) is 1.85. The average Bonchev–Trinajstić information content (AvgIpc) is 2.34. The Balaban J connectivity index is 2.88. The number of hydrogen-bond donors (Lipinski definition) is 2. The normalized spacial score (nSPS) is 10.5. The van der Waals surface area contributed by atoms with E-state index in [4.69, 9.17) is 5.73 Å².